The summed E-state index contributed by atoms with van der Waals surface area (Å²) < 4.78 is 6.69. The molecule has 8 heteroatoms. The standard InChI is InChI=1S/C20H16N6O2/c21-11-6-12-22-19-18(24-28-25-19)20-23-15-9-4-5-10-16(15)26(20)13-17(27)14-7-2-1-3-8-14/h1-5,7-10H,6,12-13H2,(H,22,25). The highest BCUT2D eigenvalue weighted by Crippen LogP contribution is 2.28. The zero-order chi connectivity index (χ0) is 19.3. The Balaban J connectivity index is 1.76. The fourth-order valence-corrected chi connectivity index (χ4v) is 2.96. The summed E-state index contributed by atoms with van der Waals surface area (Å²) in [6, 6.07) is 18.7. The zero-order valence-electron chi connectivity index (χ0n) is 14.9. The van der Waals surface area contributed by atoms with Crippen molar-refractivity contribution in [3.8, 4) is 17.6 Å². The average molecular weight is 372 g/mol. The van der Waals surface area contributed by atoms with E-state index in [0.717, 1.165) is 11.0 Å². The Hall–Kier alpha value is -3.99. The third-order valence-corrected chi connectivity index (χ3v) is 4.28. The van der Waals surface area contributed by atoms with Gasteiger partial charge >= 0.3 is 0 Å². The maximum Gasteiger partial charge on any atom is 0.202 e. The van der Waals surface area contributed by atoms with E-state index in [9.17, 15) is 4.79 Å². The number of carbonyl (C=O) groups is 1. The molecule has 0 aliphatic carbocycles. The predicted molar refractivity (Wildman–Crippen MR) is 103 cm³/mol. The van der Waals surface area contributed by atoms with Crippen LogP contribution < -0.4 is 5.32 Å². The van der Waals surface area contributed by atoms with Crippen molar-refractivity contribution in [2.24, 2.45) is 0 Å². The van der Waals surface area contributed by atoms with Gasteiger partial charge in [0.25, 0.3) is 0 Å². The summed E-state index contributed by atoms with van der Waals surface area (Å²) >= 11 is 0. The van der Waals surface area contributed by atoms with Crippen LogP contribution in [0, 0.1) is 11.3 Å². The van der Waals surface area contributed by atoms with Gasteiger partial charge in [-0.25, -0.2) is 9.61 Å². The molecule has 2 aromatic carbocycles. The number of para-hydroxylation sites is 2. The fraction of sp³-hybridized carbons (Fsp3) is 0.150. The summed E-state index contributed by atoms with van der Waals surface area (Å²) in [5, 5.41) is 19.6. The van der Waals surface area contributed by atoms with E-state index in [2.05, 4.69) is 26.7 Å². The molecular weight excluding hydrogens is 356 g/mol. The Morgan fingerprint density at radius 2 is 1.89 bits per heavy atom. The summed E-state index contributed by atoms with van der Waals surface area (Å²) in [4.78, 5) is 17.4. The summed E-state index contributed by atoms with van der Waals surface area (Å²) in [7, 11) is 0. The molecule has 28 heavy (non-hydrogen) atoms. The van der Waals surface area contributed by atoms with Gasteiger partial charge in [-0.1, -0.05) is 42.5 Å². The first-order valence-corrected chi connectivity index (χ1v) is 8.75. The van der Waals surface area contributed by atoms with Crippen LogP contribution in [0.25, 0.3) is 22.6 Å². The van der Waals surface area contributed by atoms with Gasteiger partial charge in [-0.3, -0.25) is 4.79 Å². The largest absolute Gasteiger partial charge is 0.364 e. The Morgan fingerprint density at radius 1 is 1.11 bits per heavy atom. The lowest BCUT2D eigenvalue weighted by molar-refractivity contribution is 0.0974. The van der Waals surface area contributed by atoms with E-state index in [4.69, 9.17) is 9.89 Å². The molecule has 0 saturated heterocycles. The number of carbonyl (C=O) groups excluding carboxylic acids is 1. The Labute approximate surface area is 160 Å². The summed E-state index contributed by atoms with van der Waals surface area (Å²) in [6.07, 6.45) is 0.315. The minimum Gasteiger partial charge on any atom is -0.364 e. The molecule has 4 rings (SSSR count). The number of nitrogens with one attached hydrogen (secondary N) is 1. The van der Waals surface area contributed by atoms with Crippen LogP contribution in [0.4, 0.5) is 5.82 Å². The summed E-state index contributed by atoms with van der Waals surface area (Å²) in [6.45, 7) is 0.505. The summed E-state index contributed by atoms with van der Waals surface area (Å²) in [5.74, 6) is 0.825. The molecule has 2 aromatic heterocycles. The Morgan fingerprint density at radius 3 is 2.71 bits per heavy atom. The number of nitrogens with zero attached hydrogens (tertiary/aromatic N) is 5. The van der Waals surface area contributed by atoms with Crippen LogP contribution in [-0.4, -0.2) is 32.2 Å². The molecule has 0 bridgehead atoms. The molecule has 0 saturated carbocycles. The third kappa shape index (κ3) is 3.33. The molecule has 0 unspecified atom stereocenters. The van der Waals surface area contributed by atoms with Gasteiger partial charge in [0.2, 0.25) is 5.82 Å². The summed E-state index contributed by atoms with van der Waals surface area (Å²) in [5.41, 5.74) is 2.57. The number of anilines is 1. The molecule has 0 aliphatic heterocycles. The Kier molecular flexibility index (Phi) is 4.80. The van der Waals surface area contributed by atoms with Crippen LogP contribution in [-0.2, 0) is 6.54 Å². The van der Waals surface area contributed by atoms with Gasteiger partial charge in [-0.05, 0) is 22.4 Å². The number of fused-ring (bicyclic) bond motifs is 1. The molecule has 1 N–H and O–H groups in total. The molecule has 0 atom stereocenters. The lowest BCUT2D eigenvalue weighted by atomic mass is 10.1. The molecule has 0 amide bonds. The second kappa shape index (κ2) is 7.72. The van der Waals surface area contributed by atoms with E-state index in [1.54, 1.807) is 16.7 Å². The van der Waals surface area contributed by atoms with E-state index >= 15 is 0 Å². The molecule has 8 nitrogen and oxygen atoms in total. The molecule has 4 aromatic rings. The zero-order valence-corrected chi connectivity index (χ0v) is 14.9. The number of aromatic nitrogens is 4. The fourth-order valence-electron chi connectivity index (χ4n) is 2.96. The molecule has 138 valence electrons. The quantitative estimate of drug-likeness (QED) is 0.391. The van der Waals surface area contributed by atoms with Gasteiger partial charge in [0.15, 0.2) is 17.3 Å². The first-order chi connectivity index (χ1) is 13.8. The minimum absolute atomic E-state index is 0.0413. The van der Waals surface area contributed by atoms with Crippen LogP contribution >= 0.6 is 0 Å². The SMILES string of the molecule is N#CCCNc1nonc1-c1nc2ccccc2n1CC(=O)c1ccccc1. The lowest BCUT2D eigenvalue weighted by Crippen LogP contribution is -2.12. The van der Waals surface area contributed by atoms with Crippen molar-refractivity contribution in [1.82, 2.24) is 19.9 Å². The maximum atomic E-state index is 12.8. The van der Waals surface area contributed by atoms with Gasteiger partial charge in [-0.2, -0.15) is 5.26 Å². The third-order valence-electron chi connectivity index (χ3n) is 4.28. The van der Waals surface area contributed by atoms with Crippen LogP contribution in [0.1, 0.15) is 16.8 Å². The van der Waals surface area contributed by atoms with Crippen LogP contribution in [0.3, 0.4) is 0 Å². The van der Waals surface area contributed by atoms with E-state index in [1.165, 1.54) is 0 Å². The average Bonchev–Trinajstić information content (AvgIpc) is 3.33. The van der Waals surface area contributed by atoms with E-state index in [0.29, 0.717) is 35.9 Å². The topological polar surface area (TPSA) is 110 Å². The van der Waals surface area contributed by atoms with Gasteiger partial charge in [0, 0.05) is 12.1 Å². The van der Waals surface area contributed by atoms with Crippen LogP contribution in [0.2, 0.25) is 0 Å². The first kappa shape index (κ1) is 17.4. The van der Waals surface area contributed by atoms with Crippen molar-refractivity contribution in [2.45, 2.75) is 13.0 Å². The minimum atomic E-state index is -0.0413. The smallest absolute Gasteiger partial charge is 0.202 e. The number of hydrogen-bond acceptors (Lipinski definition) is 7. The second-order valence-corrected chi connectivity index (χ2v) is 6.10. The number of imidazole rings is 1. The van der Waals surface area contributed by atoms with Gasteiger partial charge < -0.3 is 9.88 Å². The number of benzene rings is 2. The highest BCUT2D eigenvalue weighted by Gasteiger charge is 2.22. The molecule has 0 fully saturated rings. The van der Waals surface area contributed by atoms with Gasteiger partial charge in [0.05, 0.1) is 30.1 Å². The van der Waals surface area contributed by atoms with Crippen molar-refractivity contribution in [3.63, 3.8) is 0 Å². The lowest BCUT2D eigenvalue weighted by Gasteiger charge is -2.08. The van der Waals surface area contributed by atoms with E-state index < -0.39 is 0 Å². The molecule has 0 aliphatic rings. The number of rotatable bonds is 7. The molecule has 2 heterocycles. The maximum absolute atomic E-state index is 12.8. The van der Waals surface area contributed by atoms with Crippen molar-refractivity contribution in [1.29, 1.82) is 5.26 Å². The predicted octanol–water partition coefficient (Wildman–Crippen LogP) is 3.29. The molecule has 0 radical (unpaired) electrons. The van der Waals surface area contributed by atoms with Crippen molar-refractivity contribution >= 4 is 22.6 Å². The number of ketones is 1. The normalized spacial score (nSPS) is 10.7. The van der Waals surface area contributed by atoms with Crippen LogP contribution in [0.5, 0.6) is 0 Å². The van der Waals surface area contributed by atoms with E-state index in [1.807, 2.05) is 42.5 Å². The van der Waals surface area contributed by atoms with Gasteiger partial charge in [0.1, 0.15) is 0 Å². The number of nitriles is 1. The highest BCUT2D eigenvalue weighted by molar-refractivity contribution is 5.97. The number of Topliss-reactive ketones (excluding diaryl/α,β-unsaturated/α-hetero) is 1. The highest BCUT2D eigenvalue weighted by atomic mass is 16.6. The Bertz CT molecular complexity index is 1160. The molecular formula is C20H16N6O2. The first-order valence-electron chi connectivity index (χ1n) is 8.75. The van der Waals surface area contributed by atoms with E-state index in [-0.39, 0.29) is 12.3 Å². The van der Waals surface area contributed by atoms with Crippen molar-refractivity contribution in [2.75, 3.05) is 11.9 Å². The number of hydrogen-bond donors (Lipinski definition) is 1. The monoisotopic (exact) mass is 372 g/mol. The molecule has 0 spiro atoms. The van der Waals surface area contributed by atoms with Crippen molar-refractivity contribution in [3.05, 3.63) is 60.2 Å². The van der Waals surface area contributed by atoms with Crippen LogP contribution in [0.15, 0.2) is 59.2 Å². The van der Waals surface area contributed by atoms with Crippen molar-refractivity contribution < 1.29 is 9.42 Å². The van der Waals surface area contributed by atoms with Gasteiger partial charge in [-0.15, -0.1) is 0 Å². The second-order valence-electron chi connectivity index (χ2n) is 6.10.